The highest BCUT2D eigenvalue weighted by Crippen LogP contribution is 2.40. The second-order valence-electron chi connectivity index (χ2n) is 9.27. The van der Waals surface area contributed by atoms with Gasteiger partial charge in [0.25, 0.3) is 0 Å². The van der Waals surface area contributed by atoms with Gasteiger partial charge in [-0.05, 0) is 54.9 Å². The third kappa shape index (κ3) is 4.99. The Hall–Kier alpha value is -2.42. The van der Waals surface area contributed by atoms with Crippen molar-refractivity contribution in [3.63, 3.8) is 0 Å². The summed E-state index contributed by atoms with van der Waals surface area (Å²) >= 11 is 1.87. The summed E-state index contributed by atoms with van der Waals surface area (Å²) in [5.74, 6) is 4.14. The van der Waals surface area contributed by atoms with E-state index >= 15 is 0 Å². The fraction of sp³-hybridized carbons (Fsp3) is 0.538. The molecule has 1 aromatic carbocycles. The number of hydrogen-bond donors (Lipinski definition) is 1. The largest absolute Gasteiger partial charge is 0.493 e. The molecule has 1 N–H and O–H groups in total. The van der Waals surface area contributed by atoms with Crippen molar-refractivity contribution in [2.75, 3.05) is 52.4 Å². The molecule has 0 amide bonds. The average molecular weight is 483 g/mol. The smallest absolute Gasteiger partial charge is 0.160 e. The number of aryl methyl sites for hydroxylation is 1. The van der Waals surface area contributed by atoms with Crippen molar-refractivity contribution in [2.24, 2.45) is 5.92 Å². The molecule has 1 aliphatic heterocycles. The van der Waals surface area contributed by atoms with Crippen LogP contribution >= 0.6 is 11.3 Å². The first-order valence-corrected chi connectivity index (χ1v) is 13.0. The summed E-state index contributed by atoms with van der Waals surface area (Å²) in [5.41, 5.74) is 2.66. The Bertz CT molecular complexity index is 1140. The Kier molecular flexibility index (Phi) is 7.18. The number of anilines is 1. The number of benzene rings is 1. The van der Waals surface area contributed by atoms with Crippen LogP contribution in [0.15, 0.2) is 18.2 Å². The highest BCUT2D eigenvalue weighted by atomic mass is 32.1. The molecule has 8 heteroatoms. The van der Waals surface area contributed by atoms with Crippen molar-refractivity contribution >= 4 is 27.4 Å². The second kappa shape index (κ2) is 10.5. The first-order chi connectivity index (χ1) is 16.6. The molecule has 3 heterocycles. The SMILES string of the molecule is COc1ccc(CCNc2nc(CN3CCOCC3)nc3sc4c(c23)CC[C@H](C)C4)cc1OC. The Balaban J connectivity index is 1.39. The third-order valence-electron chi connectivity index (χ3n) is 6.82. The lowest BCUT2D eigenvalue weighted by Gasteiger charge is -2.26. The van der Waals surface area contributed by atoms with Crippen molar-refractivity contribution in [2.45, 2.75) is 39.2 Å². The van der Waals surface area contributed by atoms with Gasteiger partial charge in [0.15, 0.2) is 11.5 Å². The maximum absolute atomic E-state index is 5.51. The summed E-state index contributed by atoms with van der Waals surface area (Å²) in [5, 5.41) is 4.91. The van der Waals surface area contributed by atoms with E-state index in [0.717, 1.165) is 92.5 Å². The van der Waals surface area contributed by atoms with Crippen LogP contribution in [0.4, 0.5) is 5.82 Å². The molecule has 2 aliphatic rings. The van der Waals surface area contributed by atoms with E-state index < -0.39 is 0 Å². The minimum Gasteiger partial charge on any atom is -0.493 e. The van der Waals surface area contributed by atoms with E-state index in [0.29, 0.717) is 0 Å². The maximum Gasteiger partial charge on any atom is 0.160 e. The Labute approximate surface area is 205 Å². The summed E-state index contributed by atoms with van der Waals surface area (Å²) < 4.78 is 16.4. The minimum atomic E-state index is 0.739. The quantitative estimate of drug-likeness (QED) is 0.513. The summed E-state index contributed by atoms with van der Waals surface area (Å²) in [4.78, 5) is 15.1. The van der Waals surface area contributed by atoms with Crippen molar-refractivity contribution in [3.05, 3.63) is 40.0 Å². The number of fused-ring (bicyclic) bond motifs is 3. The number of hydrogen-bond acceptors (Lipinski definition) is 8. The maximum atomic E-state index is 5.51. The molecule has 5 rings (SSSR count). The molecule has 1 fully saturated rings. The topological polar surface area (TPSA) is 68.7 Å². The summed E-state index contributed by atoms with van der Waals surface area (Å²) in [7, 11) is 3.34. The highest BCUT2D eigenvalue weighted by Gasteiger charge is 2.24. The van der Waals surface area contributed by atoms with Gasteiger partial charge < -0.3 is 19.5 Å². The van der Waals surface area contributed by atoms with E-state index in [4.69, 9.17) is 24.2 Å². The van der Waals surface area contributed by atoms with Crippen LogP contribution in [0.2, 0.25) is 0 Å². The zero-order chi connectivity index (χ0) is 23.5. The molecule has 182 valence electrons. The van der Waals surface area contributed by atoms with Crippen LogP contribution in [-0.4, -0.2) is 61.9 Å². The van der Waals surface area contributed by atoms with Gasteiger partial charge in [-0.25, -0.2) is 9.97 Å². The number of nitrogens with one attached hydrogen (secondary N) is 1. The molecule has 0 spiro atoms. The molecular weight excluding hydrogens is 448 g/mol. The molecule has 1 aliphatic carbocycles. The Morgan fingerprint density at radius 2 is 1.97 bits per heavy atom. The number of methoxy groups -OCH3 is 2. The fourth-order valence-corrected chi connectivity index (χ4v) is 6.31. The molecule has 2 aromatic heterocycles. The summed E-state index contributed by atoms with van der Waals surface area (Å²) in [6.45, 7) is 7.34. The van der Waals surface area contributed by atoms with Crippen molar-refractivity contribution in [3.8, 4) is 11.5 Å². The molecular formula is C26H34N4O3S. The van der Waals surface area contributed by atoms with Crippen LogP contribution in [0.25, 0.3) is 10.2 Å². The van der Waals surface area contributed by atoms with Gasteiger partial charge in [-0.15, -0.1) is 11.3 Å². The van der Waals surface area contributed by atoms with Crippen molar-refractivity contribution in [1.82, 2.24) is 14.9 Å². The number of ether oxygens (including phenoxy) is 3. The summed E-state index contributed by atoms with van der Waals surface area (Å²) in [6.07, 6.45) is 4.38. The van der Waals surface area contributed by atoms with Crippen molar-refractivity contribution in [1.29, 1.82) is 0 Å². The lowest BCUT2D eigenvalue weighted by molar-refractivity contribution is 0.0331. The van der Waals surface area contributed by atoms with Gasteiger partial charge >= 0.3 is 0 Å². The monoisotopic (exact) mass is 482 g/mol. The number of aromatic nitrogens is 2. The van der Waals surface area contributed by atoms with Gasteiger partial charge in [0, 0.05) is 24.5 Å². The standard InChI is InChI=1S/C26H34N4O3S/c1-17-4-6-19-22(14-17)34-26-24(19)25(28-23(29-26)16-30-10-12-33-13-11-30)27-9-8-18-5-7-20(31-2)21(15-18)32-3/h5,7,15,17H,4,6,8-14,16H2,1-3H3,(H,27,28,29)/t17-/m0/s1. The molecule has 0 saturated carbocycles. The molecule has 7 nitrogen and oxygen atoms in total. The molecule has 34 heavy (non-hydrogen) atoms. The van der Waals surface area contributed by atoms with E-state index in [1.54, 1.807) is 14.2 Å². The van der Waals surface area contributed by atoms with Gasteiger partial charge in [0.1, 0.15) is 16.5 Å². The molecule has 1 atom stereocenters. The van der Waals surface area contributed by atoms with E-state index in [9.17, 15) is 0 Å². The normalized spacial score (nSPS) is 18.6. The van der Waals surface area contributed by atoms with E-state index in [1.165, 1.54) is 27.8 Å². The molecule has 0 bridgehead atoms. The van der Waals surface area contributed by atoms with Crippen LogP contribution in [-0.2, 0) is 30.5 Å². The fourth-order valence-electron chi connectivity index (χ4n) is 4.91. The molecule has 1 saturated heterocycles. The molecule has 3 aromatic rings. The summed E-state index contributed by atoms with van der Waals surface area (Å²) in [6, 6.07) is 6.11. The highest BCUT2D eigenvalue weighted by molar-refractivity contribution is 7.19. The van der Waals surface area contributed by atoms with Gasteiger partial charge in [-0.1, -0.05) is 13.0 Å². The van der Waals surface area contributed by atoms with E-state index in [-0.39, 0.29) is 0 Å². The van der Waals surface area contributed by atoms with Crippen LogP contribution in [0.5, 0.6) is 11.5 Å². The second-order valence-corrected chi connectivity index (χ2v) is 10.4. The van der Waals surface area contributed by atoms with E-state index in [1.807, 2.05) is 23.5 Å². The molecule has 0 unspecified atom stereocenters. The van der Waals surface area contributed by atoms with Crippen LogP contribution < -0.4 is 14.8 Å². The Morgan fingerprint density at radius 1 is 1.15 bits per heavy atom. The predicted octanol–water partition coefficient (Wildman–Crippen LogP) is 4.32. The number of thiophene rings is 1. The Morgan fingerprint density at radius 3 is 2.76 bits per heavy atom. The molecule has 0 radical (unpaired) electrons. The van der Waals surface area contributed by atoms with Gasteiger partial charge in [0.2, 0.25) is 0 Å². The predicted molar refractivity (Wildman–Crippen MR) is 136 cm³/mol. The van der Waals surface area contributed by atoms with Gasteiger partial charge in [-0.3, -0.25) is 4.90 Å². The van der Waals surface area contributed by atoms with Crippen LogP contribution in [0, 0.1) is 5.92 Å². The minimum absolute atomic E-state index is 0.739. The van der Waals surface area contributed by atoms with Crippen LogP contribution in [0.3, 0.4) is 0 Å². The first-order valence-electron chi connectivity index (χ1n) is 12.2. The third-order valence-corrected chi connectivity index (χ3v) is 7.97. The lowest BCUT2D eigenvalue weighted by Crippen LogP contribution is -2.36. The lowest BCUT2D eigenvalue weighted by atomic mass is 9.89. The first kappa shape index (κ1) is 23.3. The van der Waals surface area contributed by atoms with Gasteiger partial charge in [0.05, 0.1) is 39.4 Å². The average Bonchev–Trinajstić information content (AvgIpc) is 3.21. The van der Waals surface area contributed by atoms with E-state index in [2.05, 4.69) is 23.2 Å². The number of nitrogens with zero attached hydrogens (tertiary/aromatic N) is 3. The van der Waals surface area contributed by atoms with Crippen molar-refractivity contribution < 1.29 is 14.2 Å². The number of rotatable bonds is 8. The zero-order valence-electron chi connectivity index (χ0n) is 20.4. The van der Waals surface area contributed by atoms with Crippen LogP contribution in [0.1, 0.15) is 35.2 Å². The number of morpholine rings is 1. The zero-order valence-corrected chi connectivity index (χ0v) is 21.2. The van der Waals surface area contributed by atoms with Gasteiger partial charge in [-0.2, -0.15) is 0 Å².